The Labute approximate surface area is 188 Å². The fraction of sp³-hybridized carbons (Fsp3) is 0.273. The van der Waals surface area contributed by atoms with Crippen molar-refractivity contribution in [2.24, 2.45) is 7.05 Å². The molecule has 1 amide bonds. The molecule has 0 bridgehead atoms. The summed E-state index contributed by atoms with van der Waals surface area (Å²) in [5.41, 5.74) is -0.789. The molecule has 2 atom stereocenters. The topological polar surface area (TPSA) is 84.3 Å². The van der Waals surface area contributed by atoms with Crippen molar-refractivity contribution >= 4 is 15.9 Å². The molecular weight excluding hydrogens is 457 g/mol. The highest BCUT2D eigenvalue weighted by Gasteiger charge is 2.42. The molecule has 174 valence electrons. The predicted molar refractivity (Wildman–Crippen MR) is 114 cm³/mol. The molecule has 1 fully saturated rings. The van der Waals surface area contributed by atoms with E-state index in [1.165, 1.54) is 33.5 Å². The average Bonchev–Trinajstić information content (AvgIpc) is 3.41. The van der Waals surface area contributed by atoms with Crippen LogP contribution in [0.5, 0.6) is 0 Å². The minimum Gasteiger partial charge on any atom is -0.347 e. The largest absolute Gasteiger partial charge is 0.417 e. The highest BCUT2D eigenvalue weighted by molar-refractivity contribution is 7.89. The first-order chi connectivity index (χ1) is 15.6. The zero-order valence-electron chi connectivity index (χ0n) is 17.5. The second-order valence-electron chi connectivity index (χ2n) is 7.84. The molecule has 3 aromatic rings. The number of rotatable bonds is 5. The van der Waals surface area contributed by atoms with Crippen LogP contribution in [0.2, 0.25) is 0 Å². The monoisotopic (exact) mass is 478 g/mol. The molecule has 0 unspecified atom stereocenters. The first kappa shape index (κ1) is 23.0. The normalized spacial score (nSPS) is 19.5. The Kier molecular flexibility index (Phi) is 6.02. The first-order valence-electron chi connectivity index (χ1n) is 10.1. The molecule has 1 saturated heterocycles. The summed E-state index contributed by atoms with van der Waals surface area (Å²) in [7, 11) is -2.31. The lowest BCUT2D eigenvalue weighted by molar-refractivity contribution is -0.137. The second-order valence-corrected chi connectivity index (χ2v) is 9.72. The molecule has 1 aliphatic rings. The van der Waals surface area contributed by atoms with Crippen LogP contribution < -0.4 is 5.32 Å². The van der Waals surface area contributed by atoms with Crippen molar-refractivity contribution in [3.05, 3.63) is 83.8 Å². The number of alkyl halides is 3. The van der Waals surface area contributed by atoms with Crippen LogP contribution in [0.15, 0.2) is 72.1 Å². The van der Waals surface area contributed by atoms with Crippen molar-refractivity contribution in [2.75, 3.05) is 13.1 Å². The van der Waals surface area contributed by atoms with Gasteiger partial charge in [0, 0.05) is 32.3 Å². The van der Waals surface area contributed by atoms with E-state index in [1.807, 2.05) is 0 Å². The van der Waals surface area contributed by atoms with Crippen LogP contribution >= 0.6 is 0 Å². The minimum atomic E-state index is -4.70. The van der Waals surface area contributed by atoms with E-state index < -0.39 is 45.2 Å². The number of benzene rings is 2. The van der Waals surface area contributed by atoms with Gasteiger partial charge in [0.1, 0.15) is 0 Å². The zero-order chi connectivity index (χ0) is 23.8. The van der Waals surface area contributed by atoms with E-state index in [-0.39, 0.29) is 18.1 Å². The van der Waals surface area contributed by atoms with Gasteiger partial charge in [0.2, 0.25) is 0 Å². The Morgan fingerprint density at radius 3 is 2.36 bits per heavy atom. The molecule has 0 spiro atoms. The maximum Gasteiger partial charge on any atom is 0.417 e. The van der Waals surface area contributed by atoms with Crippen LogP contribution in [0.4, 0.5) is 13.2 Å². The summed E-state index contributed by atoms with van der Waals surface area (Å²) in [6.45, 7) is -0.0484. The summed E-state index contributed by atoms with van der Waals surface area (Å²) in [6, 6.07) is 12.7. The number of hydrogen-bond donors (Lipinski definition) is 1. The maximum atomic E-state index is 13.4. The standard InChI is InChI=1S/C22H21F3N4O3S/c1-28-13-20(26-14-28)33(31,32)29-11-17(15-7-3-2-4-8-15)19(12-29)27-21(30)16-9-5-6-10-18(16)22(23,24)25/h2-10,13-14,17,19H,11-12H2,1H3,(H,27,30)/t17-,19+/m1/s1. The summed E-state index contributed by atoms with van der Waals surface area (Å²) in [5, 5.41) is 2.51. The van der Waals surface area contributed by atoms with Gasteiger partial charge in [0.25, 0.3) is 15.9 Å². The number of nitrogens with zero attached hydrogens (tertiary/aromatic N) is 3. The number of imidazole rings is 1. The van der Waals surface area contributed by atoms with Crippen molar-refractivity contribution in [1.29, 1.82) is 0 Å². The van der Waals surface area contributed by atoms with Gasteiger partial charge in [-0.3, -0.25) is 4.79 Å². The average molecular weight is 478 g/mol. The number of carbonyl (C=O) groups excluding carboxylic acids is 1. The van der Waals surface area contributed by atoms with Gasteiger partial charge in [-0.25, -0.2) is 13.4 Å². The van der Waals surface area contributed by atoms with E-state index in [0.717, 1.165) is 17.7 Å². The number of carbonyl (C=O) groups is 1. The first-order valence-corrected chi connectivity index (χ1v) is 11.5. The summed E-state index contributed by atoms with van der Waals surface area (Å²) < 4.78 is 69.1. The van der Waals surface area contributed by atoms with Gasteiger partial charge in [-0.1, -0.05) is 42.5 Å². The Bertz CT molecular complexity index is 1260. The molecule has 0 radical (unpaired) electrons. The Morgan fingerprint density at radius 2 is 1.73 bits per heavy atom. The molecular formula is C22H21F3N4O3S. The van der Waals surface area contributed by atoms with E-state index in [2.05, 4.69) is 10.3 Å². The van der Waals surface area contributed by atoms with E-state index >= 15 is 0 Å². The van der Waals surface area contributed by atoms with Crippen molar-refractivity contribution in [3.8, 4) is 0 Å². The third kappa shape index (κ3) is 4.64. The van der Waals surface area contributed by atoms with Gasteiger partial charge >= 0.3 is 6.18 Å². The lowest BCUT2D eigenvalue weighted by Gasteiger charge is -2.21. The molecule has 0 saturated carbocycles. The number of aryl methyl sites for hydroxylation is 1. The van der Waals surface area contributed by atoms with Crippen LogP contribution in [-0.2, 0) is 23.2 Å². The van der Waals surface area contributed by atoms with Gasteiger partial charge < -0.3 is 9.88 Å². The van der Waals surface area contributed by atoms with Crippen molar-refractivity contribution in [3.63, 3.8) is 0 Å². The summed E-state index contributed by atoms with van der Waals surface area (Å²) in [4.78, 5) is 16.8. The third-order valence-corrected chi connectivity index (χ3v) is 7.31. The summed E-state index contributed by atoms with van der Waals surface area (Å²) in [5.74, 6) is -1.36. The van der Waals surface area contributed by atoms with Gasteiger partial charge in [0.05, 0.1) is 23.5 Å². The zero-order valence-corrected chi connectivity index (χ0v) is 18.3. The Balaban J connectivity index is 1.65. The van der Waals surface area contributed by atoms with Crippen LogP contribution in [0.1, 0.15) is 27.4 Å². The summed E-state index contributed by atoms with van der Waals surface area (Å²) >= 11 is 0. The second kappa shape index (κ2) is 8.64. The Hall–Kier alpha value is -3.18. The van der Waals surface area contributed by atoms with Gasteiger partial charge in [-0.05, 0) is 17.7 Å². The molecule has 2 aromatic carbocycles. The Morgan fingerprint density at radius 1 is 1.06 bits per heavy atom. The molecule has 4 rings (SSSR count). The van der Waals surface area contributed by atoms with Gasteiger partial charge in [-0.15, -0.1) is 0 Å². The van der Waals surface area contributed by atoms with E-state index in [1.54, 1.807) is 37.4 Å². The quantitative estimate of drug-likeness (QED) is 0.611. The van der Waals surface area contributed by atoms with Crippen LogP contribution in [0.25, 0.3) is 0 Å². The smallest absolute Gasteiger partial charge is 0.347 e. The maximum absolute atomic E-state index is 13.4. The molecule has 2 heterocycles. The number of aromatic nitrogens is 2. The highest BCUT2D eigenvalue weighted by atomic mass is 32.2. The molecule has 11 heteroatoms. The fourth-order valence-electron chi connectivity index (χ4n) is 3.98. The molecule has 33 heavy (non-hydrogen) atoms. The number of nitrogens with one attached hydrogen (secondary N) is 1. The molecule has 1 aromatic heterocycles. The fourth-order valence-corrected chi connectivity index (χ4v) is 5.44. The lowest BCUT2D eigenvalue weighted by Crippen LogP contribution is -2.41. The highest BCUT2D eigenvalue weighted by Crippen LogP contribution is 2.34. The van der Waals surface area contributed by atoms with Crippen molar-refractivity contribution in [1.82, 2.24) is 19.2 Å². The van der Waals surface area contributed by atoms with Crippen molar-refractivity contribution < 1.29 is 26.4 Å². The number of halogens is 3. The molecule has 7 nitrogen and oxygen atoms in total. The minimum absolute atomic E-state index is 0.0504. The number of hydrogen-bond acceptors (Lipinski definition) is 4. The van der Waals surface area contributed by atoms with Crippen LogP contribution in [-0.4, -0.2) is 47.3 Å². The van der Waals surface area contributed by atoms with Gasteiger partial charge in [-0.2, -0.15) is 17.5 Å². The lowest BCUT2D eigenvalue weighted by atomic mass is 9.94. The predicted octanol–water partition coefficient (Wildman–Crippen LogP) is 3.03. The van der Waals surface area contributed by atoms with Crippen LogP contribution in [0.3, 0.4) is 0 Å². The summed E-state index contributed by atoms with van der Waals surface area (Å²) in [6.07, 6.45) is -1.96. The van der Waals surface area contributed by atoms with Crippen molar-refractivity contribution in [2.45, 2.75) is 23.2 Å². The third-order valence-electron chi connectivity index (χ3n) is 5.59. The molecule has 1 aliphatic heterocycles. The molecule has 1 N–H and O–H groups in total. The van der Waals surface area contributed by atoms with E-state index in [4.69, 9.17) is 0 Å². The van der Waals surface area contributed by atoms with E-state index in [9.17, 15) is 26.4 Å². The van der Waals surface area contributed by atoms with Crippen LogP contribution in [0, 0.1) is 0 Å². The SMILES string of the molecule is Cn1cnc(S(=O)(=O)N2C[C@H](NC(=O)c3ccccc3C(F)(F)F)[C@@H](c3ccccc3)C2)c1. The number of amides is 1. The van der Waals surface area contributed by atoms with E-state index in [0.29, 0.717) is 0 Å². The molecule has 0 aliphatic carbocycles. The van der Waals surface area contributed by atoms with Gasteiger partial charge in [0.15, 0.2) is 5.03 Å². The number of sulfonamides is 1.